The van der Waals surface area contributed by atoms with Gasteiger partial charge >= 0.3 is 6.09 Å². The lowest BCUT2D eigenvalue weighted by atomic mass is 10.0. The second-order valence-corrected chi connectivity index (χ2v) is 30.5. The largest absolute Gasteiger partial charge is 0.497 e. The molecule has 5 aromatic carbocycles. The summed E-state index contributed by atoms with van der Waals surface area (Å²) in [6, 6.07) is 49.5. The lowest BCUT2D eigenvalue weighted by Crippen LogP contribution is -2.50. The molecule has 100 heavy (non-hydrogen) atoms. The van der Waals surface area contributed by atoms with E-state index in [0.717, 1.165) is 143 Å². The third-order valence-electron chi connectivity index (χ3n) is 17.8. The van der Waals surface area contributed by atoms with Crippen LogP contribution in [0, 0.1) is 13.8 Å². The maximum Gasteiger partial charge on any atom is 0.410 e. The number of pyridine rings is 4. The summed E-state index contributed by atoms with van der Waals surface area (Å²) in [6.45, 7) is 19.6. The lowest BCUT2D eigenvalue weighted by Gasteiger charge is -2.38. The summed E-state index contributed by atoms with van der Waals surface area (Å²) in [7, 11) is 1.67. The Hall–Kier alpha value is -8.23. The van der Waals surface area contributed by atoms with Crippen molar-refractivity contribution in [2.75, 3.05) is 120 Å². The van der Waals surface area contributed by atoms with Crippen molar-refractivity contribution in [1.82, 2.24) is 30.2 Å². The molecule has 4 unspecified atom stereocenters. The number of benzene rings is 5. The molecule has 19 nitrogen and oxygen atoms in total. The van der Waals surface area contributed by atoms with Gasteiger partial charge in [0, 0.05) is 143 Å². The average Bonchev–Trinajstić information content (AvgIpc) is 0.771. The Balaban J connectivity index is 0.000000179. The van der Waals surface area contributed by atoms with Gasteiger partial charge in [0.15, 0.2) is 0 Å². The highest BCUT2D eigenvalue weighted by molar-refractivity contribution is 8.05. The first-order chi connectivity index (χ1) is 48.7. The Kier molecular flexibility index (Phi) is 21.6. The van der Waals surface area contributed by atoms with Crippen molar-refractivity contribution in [1.29, 1.82) is 0 Å². The smallest absolute Gasteiger partial charge is 0.410 e. The number of carbonyl (C=O) groups excluding carboxylic acids is 1. The van der Waals surface area contributed by atoms with Gasteiger partial charge in [-0.25, -0.2) is 9.78 Å². The van der Waals surface area contributed by atoms with E-state index in [-0.39, 0.29) is 35.9 Å². The molecule has 4 fully saturated rings. The van der Waals surface area contributed by atoms with Crippen LogP contribution in [0.25, 0.3) is 22.5 Å². The number of nitrogens with zero attached hydrogens (tertiary/aromatic N) is 6. The second-order valence-electron chi connectivity index (χ2n) is 26.2. The number of H-pyrrole nitrogens is 1. The van der Waals surface area contributed by atoms with E-state index in [4.69, 9.17) is 48.1 Å². The number of aromatic amines is 1. The van der Waals surface area contributed by atoms with Crippen LogP contribution in [0.15, 0.2) is 202 Å². The zero-order valence-electron chi connectivity index (χ0n) is 56.9. The molecule has 1 amide bonds. The number of fused-ring (bicyclic) bond motifs is 4. The molecule has 6 aliphatic heterocycles. The van der Waals surface area contributed by atoms with Crippen molar-refractivity contribution in [3.63, 3.8) is 0 Å². The van der Waals surface area contributed by atoms with Gasteiger partial charge < -0.3 is 68.8 Å². The Morgan fingerprint density at radius 1 is 0.620 bits per heavy atom. The molecule has 15 rings (SSSR count). The van der Waals surface area contributed by atoms with Gasteiger partial charge in [-0.1, -0.05) is 95.6 Å². The fraction of sp³-hybridized carbons (Fsp3) is 0.338. The highest BCUT2D eigenvalue weighted by Gasteiger charge is 2.36. The maximum absolute atomic E-state index is 13.1. The van der Waals surface area contributed by atoms with E-state index in [2.05, 4.69) is 141 Å². The van der Waals surface area contributed by atoms with Crippen LogP contribution < -0.4 is 40.8 Å². The summed E-state index contributed by atoms with van der Waals surface area (Å²) in [5.74, 6) is 1.38. The SMILES string of the molecule is COc1ccc(COc2cc(N3CCOCC3)cc(-c3cccc4c3Sc3ccc(NC(c5ccc(C)cn5)C5CN(C(=O)OC(C)(C)C)CCO5)cc3S4)n2)cc1.Cc1ccc(C(Nc2ccc3c(c2)Sc2cccc(-c4cc(N5CCOCC5)cc(=O)[nH]4)c2S3)C2CNCCO2)nc1. The molecule has 10 heterocycles. The molecule has 4 N–H and O–H groups in total. The number of hydrogen-bond donors (Lipinski definition) is 4. The van der Waals surface area contributed by atoms with Crippen LogP contribution in [-0.2, 0) is 30.3 Å². The number of carbonyl (C=O) groups is 1. The summed E-state index contributed by atoms with van der Waals surface area (Å²) < 4.78 is 41.1. The van der Waals surface area contributed by atoms with Crippen molar-refractivity contribution in [3.05, 3.63) is 196 Å². The molecule has 0 radical (unpaired) electrons. The molecule has 4 saturated heterocycles. The number of anilines is 4. The van der Waals surface area contributed by atoms with Crippen LogP contribution in [0.2, 0.25) is 0 Å². The van der Waals surface area contributed by atoms with Gasteiger partial charge in [0.25, 0.3) is 0 Å². The first-order valence-electron chi connectivity index (χ1n) is 33.9. The standard InChI is InChI=1S/C45H49N5O6S2.C32H33N5O3S2/c1-29-9-15-35(46-26-29)42(37-27-50(19-22-54-37)44(51)56-45(2,3)4)47-31-12-16-38-40(23-31)57-39-8-6-7-34(43(39)58-38)36-24-32(49-17-20-53-21-18-49)25-41(48-36)55-28-30-10-13-33(52-5)14-11-30;1-20-5-7-24(34-18-20)31(26-19-33-9-12-40-26)35-21-6-8-27-29(15-21)41-28-4-2-3-23(32(28)42-27)25-16-22(17-30(38)36-25)37-10-13-39-14-11-37/h6-16,23-26,37,42,47H,17-22,27-28H2,1-5H3;2-8,15-18,26,31,33,35H,9-14,19H2,1H3,(H,36,38). The fourth-order valence-corrected chi connectivity index (χ4v) is 17.5. The maximum atomic E-state index is 13.1. The van der Waals surface area contributed by atoms with Gasteiger partial charge in [0.05, 0.1) is 94.3 Å². The number of aryl methyl sites for hydroxylation is 2. The van der Waals surface area contributed by atoms with Crippen molar-refractivity contribution in [3.8, 4) is 34.1 Å². The topological polar surface area (TPSA) is 199 Å². The van der Waals surface area contributed by atoms with Gasteiger partial charge in [-0.15, -0.1) is 0 Å². The molecule has 6 aliphatic rings. The van der Waals surface area contributed by atoms with Gasteiger partial charge in [-0.05, 0) is 136 Å². The van der Waals surface area contributed by atoms with Gasteiger partial charge in [-0.2, -0.15) is 0 Å². The number of rotatable bonds is 16. The Labute approximate surface area is 600 Å². The molecule has 0 saturated carbocycles. The number of hydrogen-bond acceptors (Lipinski definition) is 21. The van der Waals surface area contributed by atoms with Gasteiger partial charge in [0.2, 0.25) is 11.4 Å². The van der Waals surface area contributed by atoms with E-state index in [1.807, 2.05) is 76.5 Å². The van der Waals surface area contributed by atoms with Crippen LogP contribution in [0.5, 0.6) is 11.6 Å². The summed E-state index contributed by atoms with van der Waals surface area (Å²) in [4.78, 5) is 59.1. The normalized spacial score (nSPS) is 18.0. The fourth-order valence-electron chi connectivity index (χ4n) is 12.6. The van der Waals surface area contributed by atoms with Gasteiger partial charge in [0.1, 0.15) is 24.1 Å². The van der Waals surface area contributed by atoms with Crippen molar-refractivity contribution in [2.24, 2.45) is 0 Å². The first-order valence-corrected chi connectivity index (χ1v) is 37.2. The molecule has 4 atom stereocenters. The third kappa shape index (κ3) is 16.7. The predicted molar refractivity (Wildman–Crippen MR) is 396 cm³/mol. The molecule has 0 spiro atoms. The number of morpholine rings is 4. The molecule has 518 valence electrons. The van der Waals surface area contributed by atoms with E-state index in [9.17, 15) is 9.59 Å². The summed E-state index contributed by atoms with van der Waals surface area (Å²) in [6.07, 6.45) is 3.08. The minimum absolute atomic E-state index is 0.0225. The van der Waals surface area contributed by atoms with Crippen LogP contribution in [0.3, 0.4) is 0 Å². The Morgan fingerprint density at radius 3 is 1.79 bits per heavy atom. The average molecular weight is 1420 g/mol. The van der Waals surface area contributed by atoms with Gasteiger partial charge in [-0.3, -0.25) is 14.8 Å². The molecule has 0 aliphatic carbocycles. The van der Waals surface area contributed by atoms with E-state index in [1.165, 1.54) is 14.7 Å². The Morgan fingerprint density at radius 2 is 1.21 bits per heavy atom. The summed E-state index contributed by atoms with van der Waals surface area (Å²) >= 11 is 7.02. The zero-order chi connectivity index (χ0) is 68.7. The monoisotopic (exact) mass is 1420 g/mol. The molecule has 9 aromatic rings. The molecular formula is C77H82N10O9S4. The molecule has 23 heteroatoms. The van der Waals surface area contributed by atoms with Crippen LogP contribution in [0.1, 0.15) is 60.9 Å². The number of aromatic nitrogens is 4. The molecular weight excluding hydrogens is 1340 g/mol. The third-order valence-corrected chi connectivity index (χ3v) is 23.0. The molecule has 0 bridgehead atoms. The van der Waals surface area contributed by atoms with Crippen LogP contribution in [0.4, 0.5) is 27.5 Å². The predicted octanol–water partition coefficient (Wildman–Crippen LogP) is 14.6. The second kappa shape index (κ2) is 31.3. The van der Waals surface area contributed by atoms with E-state index < -0.39 is 5.60 Å². The lowest BCUT2D eigenvalue weighted by molar-refractivity contribution is -0.0488. The first kappa shape index (κ1) is 68.9. The van der Waals surface area contributed by atoms with E-state index in [1.54, 1.807) is 65.1 Å². The number of ether oxygens (including phenoxy) is 7. The minimum Gasteiger partial charge on any atom is -0.497 e. The van der Waals surface area contributed by atoms with Crippen LogP contribution >= 0.6 is 47.0 Å². The Bertz CT molecular complexity index is 4410. The van der Waals surface area contributed by atoms with Crippen LogP contribution in [-0.4, -0.2) is 148 Å². The highest BCUT2D eigenvalue weighted by Crippen LogP contribution is 2.54. The van der Waals surface area contributed by atoms with E-state index >= 15 is 0 Å². The zero-order valence-corrected chi connectivity index (χ0v) is 60.2. The van der Waals surface area contributed by atoms with Crippen molar-refractivity contribution >= 4 is 75.9 Å². The number of methoxy groups -OCH3 is 1. The summed E-state index contributed by atoms with van der Waals surface area (Å²) in [5.41, 5.74) is 12.2. The number of amides is 1. The highest BCUT2D eigenvalue weighted by atomic mass is 32.2. The van der Waals surface area contributed by atoms with Crippen molar-refractivity contribution in [2.45, 2.75) is 110 Å². The van der Waals surface area contributed by atoms with E-state index in [0.29, 0.717) is 65.2 Å². The number of nitrogens with one attached hydrogen (secondary N) is 4. The molecule has 4 aromatic heterocycles. The minimum atomic E-state index is -0.585. The van der Waals surface area contributed by atoms with Crippen molar-refractivity contribution < 1.29 is 38.0 Å². The summed E-state index contributed by atoms with van der Waals surface area (Å²) in [5, 5.41) is 10.9. The quantitative estimate of drug-likeness (QED) is 0.0711.